The van der Waals surface area contributed by atoms with E-state index in [0.29, 0.717) is 12.0 Å². The van der Waals surface area contributed by atoms with Crippen molar-refractivity contribution < 1.29 is 14.7 Å². The smallest absolute Gasteiger partial charge is 0.326 e. The van der Waals surface area contributed by atoms with E-state index >= 15 is 0 Å². The van der Waals surface area contributed by atoms with Crippen LogP contribution in [0.3, 0.4) is 0 Å². The van der Waals surface area contributed by atoms with Gasteiger partial charge in [0.25, 0.3) is 5.91 Å². The number of benzene rings is 1. The van der Waals surface area contributed by atoms with Crippen LogP contribution in [0.5, 0.6) is 0 Å². The summed E-state index contributed by atoms with van der Waals surface area (Å²) in [7, 11) is 0. The predicted molar refractivity (Wildman–Crippen MR) is 74.3 cm³/mol. The molecule has 0 bridgehead atoms. The quantitative estimate of drug-likeness (QED) is 0.858. The molecular weight excluding hydrogens is 242 g/mol. The second-order valence-electron chi connectivity index (χ2n) is 4.92. The summed E-state index contributed by atoms with van der Waals surface area (Å²) in [5.41, 5.74) is 2.44. The Labute approximate surface area is 113 Å². The van der Waals surface area contributed by atoms with Gasteiger partial charge in [0.05, 0.1) is 0 Å². The summed E-state index contributed by atoms with van der Waals surface area (Å²) in [6.45, 7) is 7.52. The molecule has 0 aliphatic carbocycles. The third-order valence-corrected chi connectivity index (χ3v) is 3.61. The number of nitrogens with one attached hydrogen (secondary N) is 1. The van der Waals surface area contributed by atoms with Crippen LogP contribution in [0.15, 0.2) is 18.2 Å². The molecule has 0 heterocycles. The summed E-state index contributed by atoms with van der Waals surface area (Å²) in [5, 5.41) is 11.8. The van der Waals surface area contributed by atoms with Gasteiger partial charge in [-0.15, -0.1) is 0 Å². The van der Waals surface area contributed by atoms with E-state index in [1.807, 2.05) is 33.8 Å². The maximum Gasteiger partial charge on any atom is 0.326 e. The normalized spacial score (nSPS) is 13.7. The van der Waals surface area contributed by atoms with E-state index in [-0.39, 0.29) is 11.8 Å². The maximum atomic E-state index is 12.2. The first-order valence-electron chi connectivity index (χ1n) is 6.48. The third kappa shape index (κ3) is 3.56. The second kappa shape index (κ2) is 6.36. The number of aryl methyl sites for hydroxylation is 1. The van der Waals surface area contributed by atoms with Gasteiger partial charge in [-0.2, -0.15) is 0 Å². The molecule has 1 unspecified atom stereocenters. The first-order chi connectivity index (χ1) is 8.88. The lowest BCUT2D eigenvalue weighted by Gasteiger charge is -2.20. The molecule has 2 atom stereocenters. The Morgan fingerprint density at radius 2 is 1.95 bits per heavy atom. The molecule has 0 saturated heterocycles. The Kier molecular flexibility index (Phi) is 5.10. The van der Waals surface area contributed by atoms with Crippen LogP contribution in [-0.2, 0) is 4.79 Å². The number of hydrogen-bond donors (Lipinski definition) is 2. The zero-order chi connectivity index (χ0) is 14.6. The van der Waals surface area contributed by atoms with Crippen LogP contribution in [0.25, 0.3) is 0 Å². The van der Waals surface area contributed by atoms with Crippen molar-refractivity contribution in [3.05, 3.63) is 34.9 Å². The highest BCUT2D eigenvalue weighted by atomic mass is 16.4. The summed E-state index contributed by atoms with van der Waals surface area (Å²) in [5.74, 6) is -1.42. The van der Waals surface area contributed by atoms with E-state index in [1.165, 1.54) is 0 Å². The van der Waals surface area contributed by atoms with Crippen molar-refractivity contribution in [1.29, 1.82) is 0 Å². The molecular formula is C15H21NO3. The molecule has 0 radical (unpaired) electrons. The molecule has 2 N–H and O–H groups in total. The molecule has 0 aromatic heterocycles. The van der Waals surface area contributed by atoms with Gasteiger partial charge >= 0.3 is 5.97 Å². The maximum absolute atomic E-state index is 12.2. The highest BCUT2D eigenvalue weighted by Crippen LogP contribution is 2.14. The average Bonchev–Trinajstić information content (AvgIpc) is 2.37. The molecule has 104 valence electrons. The first-order valence-corrected chi connectivity index (χ1v) is 6.48. The van der Waals surface area contributed by atoms with E-state index in [4.69, 9.17) is 0 Å². The third-order valence-electron chi connectivity index (χ3n) is 3.61. The predicted octanol–water partition coefficient (Wildman–Crippen LogP) is 2.53. The number of aliphatic carboxylic acids is 1. The van der Waals surface area contributed by atoms with E-state index in [1.54, 1.807) is 12.1 Å². The van der Waals surface area contributed by atoms with Crippen molar-refractivity contribution in [2.24, 2.45) is 5.92 Å². The van der Waals surface area contributed by atoms with Gasteiger partial charge in [-0.05, 0) is 37.0 Å². The summed E-state index contributed by atoms with van der Waals surface area (Å²) < 4.78 is 0. The molecule has 0 fully saturated rings. The fourth-order valence-electron chi connectivity index (χ4n) is 1.90. The lowest BCUT2D eigenvalue weighted by atomic mass is 9.97. The molecule has 0 aliphatic heterocycles. The number of hydrogen-bond acceptors (Lipinski definition) is 2. The molecule has 0 aliphatic rings. The molecule has 1 rings (SSSR count). The van der Waals surface area contributed by atoms with Crippen molar-refractivity contribution in [3.8, 4) is 0 Å². The summed E-state index contributed by atoms with van der Waals surface area (Å²) in [4.78, 5) is 23.4. The van der Waals surface area contributed by atoms with E-state index in [9.17, 15) is 14.7 Å². The van der Waals surface area contributed by atoms with Gasteiger partial charge in [-0.25, -0.2) is 4.79 Å². The number of rotatable bonds is 5. The molecule has 1 amide bonds. The van der Waals surface area contributed by atoms with Crippen LogP contribution in [0.4, 0.5) is 0 Å². The SMILES string of the molecule is CCC(C)[C@H](NC(=O)c1cccc(C)c1C)C(=O)O. The van der Waals surface area contributed by atoms with Crippen LogP contribution in [0.1, 0.15) is 41.8 Å². The highest BCUT2D eigenvalue weighted by molar-refractivity contribution is 5.98. The Balaban J connectivity index is 2.94. The van der Waals surface area contributed by atoms with Crippen molar-refractivity contribution in [3.63, 3.8) is 0 Å². The van der Waals surface area contributed by atoms with Gasteiger partial charge in [0, 0.05) is 5.56 Å². The van der Waals surface area contributed by atoms with Crippen LogP contribution in [0, 0.1) is 19.8 Å². The van der Waals surface area contributed by atoms with Crippen LogP contribution in [0.2, 0.25) is 0 Å². The fourth-order valence-corrected chi connectivity index (χ4v) is 1.90. The lowest BCUT2D eigenvalue weighted by molar-refractivity contribution is -0.140. The van der Waals surface area contributed by atoms with Crippen LogP contribution >= 0.6 is 0 Å². The number of carboxylic acid groups (broad SMARTS) is 1. The zero-order valence-electron chi connectivity index (χ0n) is 11.9. The molecule has 0 spiro atoms. The minimum absolute atomic E-state index is 0.105. The minimum Gasteiger partial charge on any atom is -0.480 e. The van der Waals surface area contributed by atoms with Crippen molar-refractivity contribution in [2.75, 3.05) is 0 Å². The topological polar surface area (TPSA) is 66.4 Å². The summed E-state index contributed by atoms with van der Waals surface area (Å²) in [6, 6.07) is 4.59. The van der Waals surface area contributed by atoms with Crippen LogP contribution in [-0.4, -0.2) is 23.0 Å². The Hall–Kier alpha value is -1.84. The highest BCUT2D eigenvalue weighted by Gasteiger charge is 2.26. The van der Waals surface area contributed by atoms with Crippen LogP contribution < -0.4 is 5.32 Å². The molecule has 19 heavy (non-hydrogen) atoms. The first kappa shape index (κ1) is 15.2. The number of amides is 1. The minimum atomic E-state index is -0.993. The van der Waals surface area contributed by atoms with Gasteiger partial charge in [0.1, 0.15) is 6.04 Å². The van der Waals surface area contributed by atoms with E-state index < -0.39 is 12.0 Å². The van der Waals surface area contributed by atoms with E-state index in [0.717, 1.165) is 11.1 Å². The molecule has 4 heteroatoms. The average molecular weight is 263 g/mol. The monoisotopic (exact) mass is 263 g/mol. The summed E-state index contributed by atoms with van der Waals surface area (Å²) in [6.07, 6.45) is 0.698. The van der Waals surface area contributed by atoms with Crippen molar-refractivity contribution in [2.45, 2.75) is 40.2 Å². The van der Waals surface area contributed by atoms with E-state index in [2.05, 4.69) is 5.32 Å². The standard InChI is InChI=1S/C15H21NO3/c1-5-9(2)13(15(18)19)16-14(17)12-8-6-7-10(3)11(12)4/h6-9,13H,5H2,1-4H3,(H,16,17)(H,18,19)/t9?,13-/m0/s1. The Morgan fingerprint density at radius 3 is 2.47 bits per heavy atom. The summed E-state index contributed by atoms with van der Waals surface area (Å²) >= 11 is 0. The van der Waals surface area contributed by atoms with Gasteiger partial charge in [0.15, 0.2) is 0 Å². The lowest BCUT2D eigenvalue weighted by Crippen LogP contribution is -2.45. The number of carbonyl (C=O) groups excluding carboxylic acids is 1. The second-order valence-corrected chi connectivity index (χ2v) is 4.92. The van der Waals surface area contributed by atoms with Crippen molar-refractivity contribution in [1.82, 2.24) is 5.32 Å². The Bertz CT molecular complexity index is 482. The molecule has 1 aromatic rings. The zero-order valence-corrected chi connectivity index (χ0v) is 11.9. The van der Waals surface area contributed by atoms with Gasteiger partial charge in [0.2, 0.25) is 0 Å². The molecule has 4 nitrogen and oxygen atoms in total. The number of carboxylic acids is 1. The number of carbonyl (C=O) groups is 2. The van der Waals surface area contributed by atoms with Crippen molar-refractivity contribution >= 4 is 11.9 Å². The van der Waals surface area contributed by atoms with Gasteiger partial charge in [-0.3, -0.25) is 4.79 Å². The molecule has 0 saturated carbocycles. The van der Waals surface area contributed by atoms with Gasteiger partial charge in [-0.1, -0.05) is 32.4 Å². The fraction of sp³-hybridized carbons (Fsp3) is 0.467. The van der Waals surface area contributed by atoms with Gasteiger partial charge < -0.3 is 10.4 Å². The largest absolute Gasteiger partial charge is 0.480 e. The molecule has 1 aromatic carbocycles. The Morgan fingerprint density at radius 1 is 1.32 bits per heavy atom.